The van der Waals surface area contributed by atoms with Crippen molar-refractivity contribution in [1.82, 2.24) is 10.2 Å². The van der Waals surface area contributed by atoms with E-state index in [0.29, 0.717) is 11.3 Å². The van der Waals surface area contributed by atoms with Crippen LogP contribution < -0.4 is 5.32 Å². The molecule has 0 aliphatic carbocycles. The number of amides is 3. The van der Waals surface area contributed by atoms with Gasteiger partial charge in [-0.15, -0.1) is 0 Å². The second kappa shape index (κ2) is 6.05. The molecule has 1 aromatic heterocycles. The minimum Gasteiger partial charge on any atom is -0.458 e. The monoisotopic (exact) mass is 366 g/mol. The summed E-state index contributed by atoms with van der Waals surface area (Å²) >= 11 is 0. The largest absolute Gasteiger partial charge is 0.458 e. The highest BCUT2D eigenvalue weighted by molar-refractivity contribution is 6.11. The minimum atomic E-state index is -1.40. The number of para-hydroxylation sites is 1. The van der Waals surface area contributed by atoms with E-state index < -0.39 is 35.6 Å². The number of imide groups is 1. The Bertz CT molecular complexity index is 1040. The zero-order chi connectivity index (χ0) is 19.2. The van der Waals surface area contributed by atoms with Crippen LogP contribution in [0.1, 0.15) is 23.0 Å². The number of nitrogens with one attached hydrogen (secondary N) is 1. The van der Waals surface area contributed by atoms with Crippen LogP contribution in [0.5, 0.6) is 0 Å². The molecule has 1 aliphatic rings. The number of furan rings is 1. The Balaban J connectivity index is 1.61. The van der Waals surface area contributed by atoms with E-state index in [0.717, 1.165) is 22.4 Å². The summed E-state index contributed by atoms with van der Waals surface area (Å²) in [6.07, 6.45) is 0. The average molecular weight is 366 g/mol. The van der Waals surface area contributed by atoms with Gasteiger partial charge in [-0.1, -0.05) is 18.2 Å². The predicted octanol–water partition coefficient (Wildman–Crippen LogP) is 3.22. The van der Waals surface area contributed by atoms with Crippen molar-refractivity contribution in [3.8, 4) is 0 Å². The first-order chi connectivity index (χ1) is 12.9. The fourth-order valence-corrected chi connectivity index (χ4v) is 3.11. The molecule has 1 aliphatic heterocycles. The van der Waals surface area contributed by atoms with Gasteiger partial charge in [-0.05, 0) is 43.3 Å². The van der Waals surface area contributed by atoms with Crippen molar-refractivity contribution < 1.29 is 23.2 Å². The molecule has 2 heterocycles. The van der Waals surface area contributed by atoms with Gasteiger partial charge in [-0.25, -0.2) is 9.18 Å². The summed E-state index contributed by atoms with van der Waals surface area (Å²) in [5, 5.41) is 3.41. The Labute approximate surface area is 153 Å². The third kappa shape index (κ3) is 2.77. The summed E-state index contributed by atoms with van der Waals surface area (Å²) in [7, 11) is 0. The molecule has 1 atom stereocenters. The summed E-state index contributed by atoms with van der Waals surface area (Å²) in [5.41, 5.74) is -0.593. The lowest BCUT2D eigenvalue weighted by atomic mass is 9.98. The van der Waals surface area contributed by atoms with Gasteiger partial charge in [0.05, 0.1) is 6.54 Å². The fraction of sp³-hybridized carbons (Fsp3) is 0.150. The number of benzene rings is 2. The van der Waals surface area contributed by atoms with Crippen LogP contribution in [0, 0.1) is 5.82 Å². The number of rotatable bonds is 4. The van der Waals surface area contributed by atoms with Crippen LogP contribution in [0.4, 0.5) is 9.18 Å². The Morgan fingerprint density at radius 2 is 1.85 bits per heavy atom. The van der Waals surface area contributed by atoms with Gasteiger partial charge in [0, 0.05) is 10.9 Å². The Morgan fingerprint density at radius 1 is 1.15 bits per heavy atom. The maximum absolute atomic E-state index is 13.0. The predicted molar refractivity (Wildman–Crippen MR) is 94.5 cm³/mol. The second-order valence-electron chi connectivity index (χ2n) is 6.52. The van der Waals surface area contributed by atoms with Gasteiger partial charge in [0.25, 0.3) is 5.91 Å². The highest BCUT2D eigenvalue weighted by Gasteiger charge is 2.51. The van der Waals surface area contributed by atoms with E-state index >= 15 is 0 Å². The van der Waals surface area contributed by atoms with Crippen LogP contribution >= 0.6 is 0 Å². The summed E-state index contributed by atoms with van der Waals surface area (Å²) in [6, 6.07) is 13.2. The molecule has 6 nitrogen and oxygen atoms in total. The highest BCUT2D eigenvalue weighted by atomic mass is 19.1. The van der Waals surface area contributed by atoms with Gasteiger partial charge in [0.15, 0.2) is 11.3 Å². The molecule has 1 fully saturated rings. The number of carbonyl (C=O) groups excluding carboxylic acids is 3. The van der Waals surface area contributed by atoms with Gasteiger partial charge in [0.2, 0.25) is 0 Å². The van der Waals surface area contributed by atoms with Crippen molar-refractivity contribution >= 4 is 28.7 Å². The van der Waals surface area contributed by atoms with Gasteiger partial charge >= 0.3 is 6.03 Å². The van der Waals surface area contributed by atoms with Gasteiger partial charge in [-0.2, -0.15) is 0 Å². The smallest absolute Gasteiger partial charge is 0.325 e. The number of ketones is 1. The van der Waals surface area contributed by atoms with Crippen molar-refractivity contribution in [3.05, 3.63) is 71.7 Å². The maximum Gasteiger partial charge on any atom is 0.325 e. The van der Waals surface area contributed by atoms with Crippen molar-refractivity contribution in [2.24, 2.45) is 0 Å². The molecule has 0 radical (unpaired) electrons. The Kier molecular flexibility index (Phi) is 3.80. The first-order valence-electron chi connectivity index (χ1n) is 8.30. The van der Waals surface area contributed by atoms with Crippen LogP contribution in [-0.4, -0.2) is 29.2 Å². The molecule has 0 spiro atoms. The molecule has 2 aromatic carbocycles. The molecule has 0 bridgehead atoms. The standard InChI is InChI=1S/C20H15FN2O4/c1-20(17-10-13-4-2-3-5-16(13)27-17)18(25)23(19(26)22-20)11-15(24)12-6-8-14(21)9-7-12/h2-10H,11H2,1H3,(H,22,26)/t20-/m0/s1. The molecular formula is C20H15FN2O4. The maximum atomic E-state index is 13.0. The molecule has 136 valence electrons. The van der Waals surface area contributed by atoms with Crippen molar-refractivity contribution in [3.63, 3.8) is 0 Å². The summed E-state index contributed by atoms with van der Waals surface area (Å²) < 4.78 is 18.7. The zero-order valence-electron chi connectivity index (χ0n) is 14.4. The highest BCUT2D eigenvalue weighted by Crippen LogP contribution is 2.33. The van der Waals surface area contributed by atoms with Crippen LogP contribution in [0.2, 0.25) is 0 Å². The van der Waals surface area contributed by atoms with Gasteiger partial charge in [0.1, 0.15) is 17.2 Å². The molecule has 3 amide bonds. The van der Waals surface area contributed by atoms with E-state index in [9.17, 15) is 18.8 Å². The summed E-state index contributed by atoms with van der Waals surface area (Å²) in [4.78, 5) is 38.5. The molecule has 0 unspecified atom stereocenters. The number of hydrogen-bond acceptors (Lipinski definition) is 4. The van der Waals surface area contributed by atoms with E-state index in [2.05, 4.69) is 5.32 Å². The number of hydrogen-bond donors (Lipinski definition) is 1. The van der Waals surface area contributed by atoms with Crippen molar-refractivity contribution in [2.75, 3.05) is 6.54 Å². The number of fused-ring (bicyclic) bond motifs is 1. The normalized spacial score (nSPS) is 19.6. The lowest BCUT2D eigenvalue weighted by Gasteiger charge is -2.18. The molecule has 4 rings (SSSR count). The van der Waals surface area contributed by atoms with Crippen LogP contribution in [0.25, 0.3) is 11.0 Å². The average Bonchev–Trinajstić information content (AvgIpc) is 3.18. The van der Waals surface area contributed by atoms with E-state index in [1.54, 1.807) is 18.2 Å². The summed E-state index contributed by atoms with van der Waals surface area (Å²) in [6.45, 7) is 1.10. The number of urea groups is 1. The Morgan fingerprint density at radius 3 is 2.56 bits per heavy atom. The number of halogens is 1. The van der Waals surface area contributed by atoms with Crippen LogP contribution in [-0.2, 0) is 10.3 Å². The molecule has 7 heteroatoms. The molecule has 3 aromatic rings. The SMILES string of the molecule is C[C@@]1(c2cc3ccccc3o2)NC(=O)N(CC(=O)c2ccc(F)cc2)C1=O. The number of Topliss-reactive ketones (excluding diaryl/α,β-unsaturated/α-hetero) is 1. The second-order valence-corrected chi connectivity index (χ2v) is 6.52. The van der Waals surface area contributed by atoms with Crippen molar-refractivity contribution in [1.29, 1.82) is 0 Å². The van der Waals surface area contributed by atoms with Crippen molar-refractivity contribution in [2.45, 2.75) is 12.5 Å². The lowest BCUT2D eigenvalue weighted by molar-refractivity contribution is -0.131. The van der Waals surface area contributed by atoms with Crippen LogP contribution in [0.3, 0.4) is 0 Å². The lowest BCUT2D eigenvalue weighted by Crippen LogP contribution is -2.41. The topological polar surface area (TPSA) is 79.6 Å². The third-order valence-electron chi connectivity index (χ3n) is 4.66. The number of carbonyl (C=O) groups is 3. The quantitative estimate of drug-likeness (QED) is 0.568. The fourth-order valence-electron chi connectivity index (χ4n) is 3.11. The van der Waals surface area contributed by atoms with Gasteiger partial charge < -0.3 is 9.73 Å². The Hall–Kier alpha value is -3.48. The van der Waals surface area contributed by atoms with E-state index in [1.807, 2.05) is 12.1 Å². The molecular weight excluding hydrogens is 351 g/mol. The molecule has 0 saturated carbocycles. The zero-order valence-corrected chi connectivity index (χ0v) is 14.4. The number of nitrogens with zero attached hydrogens (tertiary/aromatic N) is 1. The first-order valence-corrected chi connectivity index (χ1v) is 8.30. The molecule has 1 N–H and O–H groups in total. The molecule has 27 heavy (non-hydrogen) atoms. The third-order valence-corrected chi connectivity index (χ3v) is 4.66. The van der Waals surface area contributed by atoms with E-state index in [1.165, 1.54) is 19.1 Å². The first kappa shape index (κ1) is 17.0. The van der Waals surface area contributed by atoms with Crippen LogP contribution in [0.15, 0.2) is 59.0 Å². The summed E-state index contributed by atoms with van der Waals surface area (Å²) in [5.74, 6) is -1.23. The van der Waals surface area contributed by atoms with E-state index in [-0.39, 0.29) is 5.56 Å². The molecule has 1 saturated heterocycles. The minimum absolute atomic E-state index is 0.217. The van der Waals surface area contributed by atoms with Gasteiger partial charge in [-0.3, -0.25) is 14.5 Å². The van der Waals surface area contributed by atoms with E-state index in [4.69, 9.17) is 4.42 Å².